The van der Waals surface area contributed by atoms with E-state index in [1.165, 1.54) is 9.13 Å². The molecule has 0 aliphatic heterocycles. The summed E-state index contributed by atoms with van der Waals surface area (Å²) in [5, 5.41) is 3.40. The Labute approximate surface area is 140 Å². The average Bonchev–Trinajstić information content (AvgIpc) is 2.46. The first kappa shape index (κ1) is 16.1. The van der Waals surface area contributed by atoms with Crippen molar-refractivity contribution in [2.24, 2.45) is 0 Å². The zero-order valence-corrected chi connectivity index (χ0v) is 14.5. The molecule has 2 aromatic rings. The van der Waals surface area contributed by atoms with Crippen LogP contribution in [0.5, 0.6) is 0 Å². The predicted octanol–water partition coefficient (Wildman–Crippen LogP) is 3.81. The number of anilines is 2. The van der Waals surface area contributed by atoms with Crippen LogP contribution in [0.25, 0.3) is 0 Å². The van der Waals surface area contributed by atoms with Crippen molar-refractivity contribution in [1.29, 1.82) is 0 Å². The summed E-state index contributed by atoms with van der Waals surface area (Å²) < 4.78 is 1.17. The minimum Gasteiger partial charge on any atom is -0.397 e. The molecule has 21 heavy (non-hydrogen) atoms. The van der Waals surface area contributed by atoms with Crippen molar-refractivity contribution in [3.63, 3.8) is 0 Å². The van der Waals surface area contributed by atoms with Crippen LogP contribution < -0.4 is 11.1 Å². The number of nitrogen functional groups attached to an aromatic ring is 1. The third kappa shape index (κ3) is 5.55. The number of hydrogen-bond donors (Lipinski definition) is 2. The lowest BCUT2D eigenvalue weighted by molar-refractivity contribution is 0.325. The minimum absolute atomic E-state index is 0.819. The highest BCUT2D eigenvalue weighted by molar-refractivity contribution is 14.1. The summed E-state index contributed by atoms with van der Waals surface area (Å²) in [7, 11) is 2.16. The van der Waals surface area contributed by atoms with Gasteiger partial charge in [-0.1, -0.05) is 30.3 Å². The van der Waals surface area contributed by atoms with Crippen molar-refractivity contribution in [3.05, 3.63) is 57.7 Å². The lowest BCUT2D eigenvalue weighted by atomic mass is 10.2. The maximum absolute atomic E-state index is 5.99. The highest BCUT2D eigenvalue weighted by Gasteiger charge is 2.01. The number of hydrogen-bond acceptors (Lipinski definition) is 3. The Bertz CT molecular complexity index is 557. The summed E-state index contributed by atoms with van der Waals surface area (Å²) in [6, 6.07) is 16.7. The molecule has 112 valence electrons. The number of halogens is 1. The topological polar surface area (TPSA) is 41.3 Å². The fourth-order valence-electron chi connectivity index (χ4n) is 2.24. The molecule has 0 saturated carbocycles. The smallest absolute Gasteiger partial charge is 0.0574 e. The molecule has 0 amide bonds. The van der Waals surface area contributed by atoms with E-state index in [0.29, 0.717) is 0 Å². The van der Waals surface area contributed by atoms with E-state index in [9.17, 15) is 0 Å². The van der Waals surface area contributed by atoms with Crippen molar-refractivity contribution in [3.8, 4) is 0 Å². The van der Waals surface area contributed by atoms with E-state index in [1.54, 1.807) is 0 Å². The summed E-state index contributed by atoms with van der Waals surface area (Å²) in [5.41, 5.74) is 9.19. The second-order valence-corrected chi connectivity index (χ2v) is 6.48. The fraction of sp³-hybridized carbons (Fsp3) is 0.294. The Morgan fingerprint density at radius 1 is 1.14 bits per heavy atom. The Balaban J connectivity index is 1.69. The standard InChI is InChI=1S/C17H22IN3/c1-21(13-14-6-3-2-4-7-14)11-5-10-20-17-9-8-15(18)12-16(17)19/h2-4,6-9,12,20H,5,10-11,13,19H2,1H3. The van der Waals surface area contributed by atoms with Crippen molar-refractivity contribution in [2.75, 3.05) is 31.2 Å². The number of nitrogens with zero attached hydrogens (tertiary/aromatic N) is 1. The van der Waals surface area contributed by atoms with E-state index in [2.05, 4.69) is 76.3 Å². The summed E-state index contributed by atoms with van der Waals surface area (Å²) in [6.07, 6.45) is 1.09. The normalized spacial score (nSPS) is 10.8. The number of nitrogens with two attached hydrogens (primary N) is 1. The lowest BCUT2D eigenvalue weighted by Crippen LogP contribution is -2.21. The Morgan fingerprint density at radius 3 is 2.62 bits per heavy atom. The monoisotopic (exact) mass is 395 g/mol. The van der Waals surface area contributed by atoms with Gasteiger partial charge in [0.25, 0.3) is 0 Å². The van der Waals surface area contributed by atoms with E-state index in [-0.39, 0.29) is 0 Å². The third-order valence-electron chi connectivity index (χ3n) is 3.34. The van der Waals surface area contributed by atoms with Crippen LogP contribution in [-0.2, 0) is 6.54 Å². The van der Waals surface area contributed by atoms with Gasteiger partial charge in [-0.2, -0.15) is 0 Å². The first-order valence-corrected chi connectivity index (χ1v) is 8.24. The van der Waals surface area contributed by atoms with Crippen LogP contribution in [0.4, 0.5) is 11.4 Å². The molecule has 0 heterocycles. The summed E-state index contributed by atoms with van der Waals surface area (Å²) in [4.78, 5) is 2.34. The van der Waals surface area contributed by atoms with Crippen LogP contribution >= 0.6 is 22.6 Å². The molecule has 0 atom stereocenters. The van der Waals surface area contributed by atoms with Crippen molar-refractivity contribution in [1.82, 2.24) is 4.90 Å². The molecular weight excluding hydrogens is 373 g/mol. The summed E-state index contributed by atoms with van der Waals surface area (Å²) in [6.45, 7) is 2.99. The van der Waals surface area contributed by atoms with Gasteiger partial charge in [0.05, 0.1) is 11.4 Å². The second kappa shape index (κ2) is 8.24. The molecule has 2 aromatic carbocycles. The van der Waals surface area contributed by atoms with Gasteiger partial charge < -0.3 is 16.0 Å². The third-order valence-corrected chi connectivity index (χ3v) is 4.01. The molecule has 2 rings (SSSR count). The molecule has 0 aliphatic carbocycles. The van der Waals surface area contributed by atoms with Crippen molar-refractivity contribution >= 4 is 34.0 Å². The molecule has 0 aliphatic rings. The highest BCUT2D eigenvalue weighted by atomic mass is 127. The molecule has 0 bridgehead atoms. The van der Waals surface area contributed by atoms with Gasteiger partial charge in [-0.25, -0.2) is 0 Å². The Kier molecular flexibility index (Phi) is 6.32. The van der Waals surface area contributed by atoms with E-state index in [0.717, 1.165) is 37.4 Å². The number of benzene rings is 2. The minimum atomic E-state index is 0.819. The maximum Gasteiger partial charge on any atom is 0.0574 e. The Morgan fingerprint density at radius 2 is 1.90 bits per heavy atom. The van der Waals surface area contributed by atoms with E-state index in [4.69, 9.17) is 5.73 Å². The van der Waals surface area contributed by atoms with Crippen LogP contribution in [-0.4, -0.2) is 25.0 Å². The lowest BCUT2D eigenvalue weighted by Gasteiger charge is -2.17. The molecule has 0 fully saturated rings. The quantitative estimate of drug-likeness (QED) is 0.426. The van der Waals surface area contributed by atoms with E-state index >= 15 is 0 Å². The molecule has 0 saturated heterocycles. The van der Waals surface area contributed by atoms with Gasteiger partial charge in [0.2, 0.25) is 0 Å². The molecule has 0 spiro atoms. The molecule has 0 radical (unpaired) electrons. The van der Waals surface area contributed by atoms with Gasteiger partial charge in [0.1, 0.15) is 0 Å². The largest absolute Gasteiger partial charge is 0.397 e. The number of nitrogens with one attached hydrogen (secondary N) is 1. The van der Waals surface area contributed by atoms with Gasteiger partial charge in [0, 0.05) is 16.7 Å². The van der Waals surface area contributed by atoms with Crippen molar-refractivity contribution in [2.45, 2.75) is 13.0 Å². The highest BCUT2D eigenvalue weighted by Crippen LogP contribution is 2.20. The second-order valence-electron chi connectivity index (χ2n) is 5.24. The van der Waals surface area contributed by atoms with Gasteiger partial charge in [0.15, 0.2) is 0 Å². The SMILES string of the molecule is CN(CCCNc1ccc(I)cc1N)Cc1ccccc1. The van der Waals surface area contributed by atoms with Gasteiger partial charge in [-0.05, 0) is 66.4 Å². The molecule has 4 heteroatoms. The van der Waals surface area contributed by atoms with Crippen LogP contribution in [0.2, 0.25) is 0 Å². The molecule has 3 N–H and O–H groups in total. The average molecular weight is 395 g/mol. The zero-order chi connectivity index (χ0) is 15.1. The van der Waals surface area contributed by atoms with Gasteiger partial charge in [-0.3, -0.25) is 0 Å². The molecule has 3 nitrogen and oxygen atoms in total. The first-order valence-electron chi connectivity index (χ1n) is 7.16. The maximum atomic E-state index is 5.99. The van der Waals surface area contributed by atoms with E-state index in [1.807, 2.05) is 12.1 Å². The van der Waals surface area contributed by atoms with Crippen LogP contribution in [0.15, 0.2) is 48.5 Å². The van der Waals surface area contributed by atoms with Crippen LogP contribution in [0.3, 0.4) is 0 Å². The summed E-state index contributed by atoms with van der Waals surface area (Å²) in [5.74, 6) is 0. The Hall–Kier alpha value is -1.27. The molecular formula is C17H22IN3. The fourth-order valence-corrected chi connectivity index (χ4v) is 2.76. The first-order chi connectivity index (χ1) is 10.1. The van der Waals surface area contributed by atoms with Gasteiger partial charge >= 0.3 is 0 Å². The van der Waals surface area contributed by atoms with Crippen LogP contribution in [0.1, 0.15) is 12.0 Å². The predicted molar refractivity (Wildman–Crippen MR) is 99.5 cm³/mol. The molecule has 0 unspecified atom stereocenters. The molecule has 0 aromatic heterocycles. The van der Waals surface area contributed by atoms with Gasteiger partial charge in [-0.15, -0.1) is 0 Å². The van der Waals surface area contributed by atoms with Crippen LogP contribution in [0, 0.1) is 3.57 Å². The zero-order valence-electron chi connectivity index (χ0n) is 12.3. The summed E-state index contributed by atoms with van der Waals surface area (Å²) >= 11 is 2.27. The number of rotatable bonds is 7. The van der Waals surface area contributed by atoms with Crippen molar-refractivity contribution < 1.29 is 0 Å². The van der Waals surface area contributed by atoms with E-state index < -0.39 is 0 Å².